The molecule has 0 fully saturated rings. The SMILES string of the molecule is CCN(c1ccccc1)c1ccc(NN)nn1. The van der Waals surface area contributed by atoms with Crippen molar-refractivity contribution in [3.8, 4) is 0 Å². The topological polar surface area (TPSA) is 67.1 Å². The Kier molecular flexibility index (Phi) is 3.52. The molecule has 2 rings (SSSR count). The molecule has 0 saturated heterocycles. The maximum atomic E-state index is 5.25. The van der Waals surface area contributed by atoms with Crippen LogP contribution < -0.4 is 16.2 Å². The largest absolute Gasteiger partial charge is 0.325 e. The van der Waals surface area contributed by atoms with Crippen LogP contribution in [0.3, 0.4) is 0 Å². The molecule has 2 aromatic rings. The summed E-state index contributed by atoms with van der Waals surface area (Å²) in [6, 6.07) is 13.8. The summed E-state index contributed by atoms with van der Waals surface area (Å²) < 4.78 is 0. The van der Waals surface area contributed by atoms with Crippen molar-refractivity contribution in [1.82, 2.24) is 10.2 Å². The molecule has 0 bridgehead atoms. The van der Waals surface area contributed by atoms with Crippen LogP contribution in [0.25, 0.3) is 0 Å². The number of nitrogens with two attached hydrogens (primary N) is 1. The first-order valence-electron chi connectivity index (χ1n) is 5.48. The fraction of sp³-hybridized carbons (Fsp3) is 0.167. The van der Waals surface area contributed by atoms with E-state index < -0.39 is 0 Å². The molecule has 0 radical (unpaired) electrons. The third-order valence-corrected chi connectivity index (χ3v) is 2.46. The summed E-state index contributed by atoms with van der Waals surface area (Å²) in [4.78, 5) is 2.08. The van der Waals surface area contributed by atoms with Gasteiger partial charge in [-0.2, -0.15) is 0 Å². The van der Waals surface area contributed by atoms with Gasteiger partial charge in [0, 0.05) is 12.2 Å². The van der Waals surface area contributed by atoms with E-state index in [0.29, 0.717) is 5.82 Å². The quantitative estimate of drug-likeness (QED) is 0.619. The molecule has 0 saturated carbocycles. The lowest BCUT2D eigenvalue weighted by Gasteiger charge is -2.21. The van der Waals surface area contributed by atoms with Gasteiger partial charge in [0.05, 0.1) is 0 Å². The third-order valence-electron chi connectivity index (χ3n) is 2.46. The fourth-order valence-corrected chi connectivity index (χ4v) is 1.63. The molecule has 0 aliphatic heterocycles. The highest BCUT2D eigenvalue weighted by atomic mass is 15.3. The van der Waals surface area contributed by atoms with Gasteiger partial charge in [-0.25, -0.2) is 5.84 Å². The lowest BCUT2D eigenvalue weighted by atomic mass is 10.3. The summed E-state index contributed by atoms with van der Waals surface area (Å²) in [5.41, 5.74) is 3.55. The van der Waals surface area contributed by atoms with E-state index in [-0.39, 0.29) is 0 Å². The van der Waals surface area contributed by atoms with E-state index >= 15 is 0 Å². The molecule has 88 valence electrons. The second-order valence-corrected chi connectivity index (χ2v) is 3.50. The van der Waals surface area contributed by atoms with Gasteiger partial charge in [-0.3, -0.25) is 0 Å². The summed E-state index contributed by atoms with van der Waals surface area (Å²) in [6.45, 7) is 2.90. The Bertz CT molecular complexity index is 454. The summed E-state index contributed by atoms with van der Waals surface area (Å²) in [7, 11) is 0. The third kappa shape index (κ3) is 2.51. The molecule has 1 aromatic carbocycles. The maximum absolute atomic E-state index is 5.25. The van der Waals surface area contributed by atoms with Crippen LogP contribution in [0.2, 0.25) is 0 Å². The average Bonchev–Trinajstić information content (AvgIpc) is 2.42. The Morgan fingerprint density at radius 3 is 2.41 bits per heavy atom. The summed E-state index contributed by atoms with van der Waals surface area (Å²) in [6.07, 6.45) is 0. The van der Waals surface area contributed by atoms with Gasteiger partial charge in [-0.05, 0) is 31.2 Å². The highest BCUT2D eigenvalue weighted by Crippen LogP contribution is 2.22. The second kappa shape index (κ2) is 5.27. The van der Waals surface area contributed by atoms with Gasteiger partial charge < -0.3 is 10.3 Å². The van der Waals surface area contributed by atoms with Crippen LogP contribution in [0, 0.1) is 0 Å². The van der Waals surface area contributed by atoms with Gasteiger partial charge >= 0.3 is 0 Å². The van der Waals surface area contributed by atoms with E-state index in [2.05, 4.69) is 27.4 Å². The fourth-order valence-electron chi connectivity index (χ4n) is 1.63. The number of hydrogen-bond acceptors (Lipinski definition) is 5. The van der Waals surface area contributed by atoms with Crippen molar-refractivity contribution in [3.63, 3.8) is 0 Å². The van der Waals surface area contributed by atoms with E-state index in [1.807, 2.05) is 36.4 Å². The van der Waals surface area contributed by atoms with E-state index in [1.54, 1.807) is 6.07 Å². The molecule has 0 amide bonds. The Labute approximate surface area is 100 Å². The van der Waals surface area contributed by atoms with Gasteiger partial charge in [0.2, 0.25) is 0 Å². The van der Waals surface area contributed by atoms with Crippen molar-refractivity contribution < 1.29 is 0 Å². The summed E-state index contributed by atoms with van der Waals surface area (Å²) >= 11 is 0. The number of rotatable bonds is 4. The van der Waals surface area contributed by atoms with Crippen LogP contribution in [0.4, 0.5) is 17.3 Å². The number of hydrazine groups is 1. The molecule has 1 aromatic heterocycles. The first-order chi connectivity index (χ1) is 8.35. The zero-order valence-corrected chi connectivity index (χ0v) is 9.67. The van der Waals surface area contributed by atoms with Crippen LogP contribution >= 0.6 is 0 Å². The predicted molar refractivity (Wildman–Crippen MR) is 69.0 cm³/mol. The van der Waals surface area contributed by atoms with Crippen molar-refractivity contribution in [3.05, 3.63) is 42.5 Å². The highest BCUT2D eigenvalue weighted by Gasteiger charge is 2.08. The van der Waals surface area contributed by atoms with E-state index in [9.17, 15) is 0 Å². The van der Waals surface area contributed by atoms with Gasteiger partial charge in [-0.15, -0.1) is 10.2 Å². The van der Waals surface area contributed by atoms with Crippen LogP contribution in [0.1, 0.15) is 6.92 Å². The number of nitrogen functional groups attached to an aromatic ring is 1. The maximum Gasteiger partial charge on any atom is 0.162 e. The standard InChI is InChI=1S/C12H15N5/c1-2-17(10-6-4-3-5-7-10)12-9-8-11(14-13)15-16-12/h3-9H,2,13H2,1H3,(H,14,15). The summed E-state index contributed by atoms with van der Waals surface area (Å²) in [5.74, 6) is 6.61. The van der Waals surface area contributed by atoms with Gasteiger partial charge in [0.15, 0.2) is 11.6 Å². The molecule has 0 spiro atoms. The van der Waals surface area contributed by atoms with Crippen LogP contribution in [-0.4, -0.2) is 16.7 Å². The van der Waals surface area contributed by atoms with E-state index in [0.717, 1.165) is 18.1 Å². The minimum Gasteiger partial charge on any atom is -0.325 e. The minimum absolute atomic E-state index is 0.554. The molecule has 3 N–H and O–H groups in total. The van der Waals surface area contributed by atoms with Crippen LogP contribution in [0.5, 0.6) is 0 Å². The Morgan fingerprint density at radius 2 is 1.88 bits per heavy atom. The molecular weight excluding hydrogens is 214 g/mol. The second-order valence-electron chi connectivity index (χ2n) is 3.50. The van der Waals surface area contributed by atoms with Crippen molar-refractivity contribution in [2.75, 3.05) is 16.9 Å². The Hall–Kier alpha value is -2.14. The molecule has 5 nitrogen and oxygen atoms in total. The Balaban J connectivity index is 2.29. The van der Waals surface area contributed by atoms with Crippen molar-refractivity contribution in [2.45, 2.75) is 6.92 Å². The zero-order chi connectivity index (χ0) is 12.1. The van der Waals surface area contributed by atoms with Crippen molar-refractivity contribution >= 4 is 17.3 Å². The molecule has 0 unspecified atom stereocenters. The number of nitrogens with zero attached hydrogens (tertiary/aromatic N) is 3. The average molecular weight is 229 g/mol. The van der Waals surface area contributed by atoms with Gasteiger partial charge in [0.1, 0.15) is 0 Å². The number of para-hydroxylation sites is 1. The molecule has 5 heteroatoms. The number of hydrogen-bond donors (Lipinski definition) is 2. The van der Waals surface area contributed by atoms with E-state index in [1.165, 1.54) is 0 Å². The Morgan fingerprint density at radius 1 is 1.12 bits per heavy atom. The predicted octanol–water partition coefficient (Wildman–Crippen LogP) is 1.92. The highest BCUT2D eigenvalue weighted by molar-refractivity contribution is 5.59. The van der Waals surface area contributed by atoms with Gasteiger partial charge in [0.25, 0.3) is 0 Å². The van der Waals surface area contributed by atoms with Crippen molar-refractivity contribution in [2.24, 2.45) is 5.84 Å². The molecule has 17 heavy (non-hydrogen) atoms. The lowest BCUT2D eigenvalue weighted by Crippen LogP contribution is -2.18. The first-order valence-corrected chi connectivity index (χ1v) is 5.48. The lowest BCUT2D eigenvalue weighted by molar-refractivity contribution is 0.931. The number of benzene rings is 1. The number of anilines is 3. The van der Waals surface area contributed by atoms with Crippen LogP contribution in [0.15, 0.2) is 42.5 Å². The molecule has 0 aliphatic rings. The minimum atomic E-state index is 0.554. The van der Waals surface area contributed by atoms with Crippen molar-refractivity contribution in [1.29, 1.82) is 0 Å². The molecule has 1 heterocycles. The molecule has 0 aliphatic carbocycles. The first kappa shape index (κ1) is 11.3. The smallest absolute Gasteiger partial charge is 0.162 e. The number of nitrogens with one attached hydrogen (secondary N) is 1. The zero-order valence-electron chi connectivity index (χ0n) is 9.67. The summed E-state index contributed by atoms with van der Waals surface area (Å²) in [5, 5.41) is 8.09. The normalized spacial score (nSPS) is 10.0. The monoisotopic (exact) mass is 229 g/mol. The molecular formula is C12H15N5. The number of aromatic nitrogens is 2. The van der Waals surface area contributed by atoms with E-state index in [4.69, 9.17) is 5.84 Å². The van der Waals surface area contributed by atoms with Gasteiger partial charge in [-0.1, -0.05) is 18.2 Å². The molecule has 0 atom stereocenters. The van der Waals surface area contributed by atoms with Crippen LogP contribution in [-0.2, 0) is 0 Å².